The summed E-state index contributed by atoms with van der Waals surface area (Å²) in [6.45, 7) is 0. The largest absolute Gasteiger partial charge is 0.309 e. The van der Waals surface area contributed by atoms with Crippen molar-refractivity contribution in [2.75, 3.05) is 0 Å². The summed E-state index contributed by atoms with van der Waals surface area (Å²) < 4.78 is 9.59. The van der Waals surface area contributed by atoms with Crippen LogP contribution >= 0.6 is 0 Å². The summed E-state index contributed by atoms with van der Waals surface area (Å²) in [5.74, 6) is 1.69. The van der Waals surface area contributed by atoms with Crippen LogP contribution in [0.2, 0.25) is 0 Å². The Morgan fingerprint density at radius 1 is 0.195 bits per heavy atom. The van der Waals surface area contributed by atoms with Gasteiger partial charge in [0.05, 0.1) is 44.1 Å². The van der Waals surface area contributed by atoms with E-state index in [0.29, 0.717) is 17.6 Å². The minimum absolute atomic E-state index is 0.522. The normalized spacial score (nSPS) is 11.9. The summed E-state index contributed by atoms with van der Waals surface area (Å²) in [5, 5.41) is 9.27. The van der Waals surface area contributed by atoms with Crippen molar-refractivity contribution in [2.24, 2.45) is 0 Å². The molecule has 0 aliphatic carbocycles. The van der Waals surface area contributed by atoms with E-state index < -0.39 is 0 Å². The van der Waals surface area contributed by atoms with Crippen molar-refractivity contribution < 1.29 is 0 Å². The Bertz CT molecular complexity index is 5270. The van der Waals surface area contributed by atoms with Crippen LogP contribution in [0.15, 0.2) is 285 Å². The second-order valence-electron chi connectivity index (χ2n) is 21.2. The lowest BCUT2D eigenvalue weighted by Crippen LogP contribution is -2.07. The molecule has 5 heterocycles. The number of hydrogen-bond acceptors (Lipinski definition) is 3. The van der Waals surface area contributed by atoms with Gasteiger partial charge in [0.2, 0.25) is 5.95 Å². The van der Waals surface area contributed by atoms with Crippen LogP contribution in [-0.4, -0.2) is 33.2 Å². The average molecular weight is 1050 g/mol. The first kappa shape index (κ1) is 45.8. The van der Waals surface area contributed by atoms with E-state index in [0.717, 1.165) is 99.5 Å². The minimum Gasteiger partial charge on any atom is -0.309 e. The van der Waals surface area contributed by atoms with Gasteiger partial charge in [0, 0.05) is 71.3 Å². The molecule has 0 aliphatic heterocycles. The number of hydrogen-bond donors (Lipinski definition) is 0. The van der Waals surface area contributed by atoms with Gasteiger partial charge >= 0.3 is 0 Å². The predicted molar refractivity (Wildman–Crippen MR) is 339 cm³/mol. The summed E-state index contributed by atoms with van der Waals surface area (Å²) in [6, 6.07) is 102. The number of benzene rings is 12. The minimum atomic E-state index is 0.522. The van der Waals surface area contributed by atoms with Crippen molar-refractivity contribution in [2.45, 2.75) is 0 Å². The molecule has 382 valence electrons. The van der Waals surface area contributed by atoms with Crippen LogP contribution in [-0.2, 0) is 0 Å². The molecule has 7 heteroatoms. The third-order valence-corrected chi connectivity index (χ3v) is 16.6. The lowest BCUT2D eigenvalue weighted by atomic mass is 10.0. The molecule has 82 heavy (non-hydrogen) atoms. The fourth-order valence-electron chi connectivity index (χ4n) is 12.9. The van der Waals surface area contributed by atoms with Gasteiger partial charge in [0.15, 0.2) is 11.6 Å². The van der Waals surface area contributed by atoms with Crippen molar-refractivity contribution in [3.63, 3.8) is 0 Å². The molecule has 17 rings (SSSR count). The van der Waals surface area contributed by atoms with Crippen LogP contribution < -0.4 is 0 Å². The van der Waals surface area contributed by atoms with Crippen LogP contribution in [0.5, 0.6) is 0 Å². The molecular weight excluding hydrogens is 999 g/mol. The molecule has 0 fully saturated rings. The zero-order chi connectivity index (χ0) is 53.8. The highest BCUT2D eigenvalue weighted by molar-refractivity contribution is 6.24. The van der Waals surface area contributed by atoms with Crippen LogP contribution in [0, 0.1) is 0 Å². The zero-order valence-corrected chi connectivity index (χ0v) is 44.3. The number of fused-ring (bicyclic) bond motifs is 13. The molecule has 0 aliphatic rings. The Labute approximate surface area is 471 Å². The van der Waals surface area contributed by atoms with Crippen molar-refractivity contribution in [3.05, 3.63) is 285 Å². The Balaban J connectivity index is 1.00. The zero-order valence-electron chi connectivity index (χ0n) is 44.3. The highest BCUT2D eigenvalue weighted by Crippen LogP contribution is 2.45. The number of rotatable bonds is 8. The van der Waals surface area contributed by atoms with Crippen molar-refractivity contribution in [3.8, 4) is 68.0 Å². The molecule has 12 aromatic carbocycles. The van der Waals surface area contributed by atoms with E-state index in [4.69, 9.17) is 15.0 Å². The maximum absolute atomic E-state index is 5.60. The molecule has 0 N–H and O–H groups in total. The van der Waals surface area contributed by atoms with E-state index in [1.54, 1.807) is 0 Å². The molecule has 0 atom stereocenters. The number of para-hydroxylation sites is 4. The van der Waals surface area contributed by atoms with E-state index in [1.165, 1.54) is 38.1 Å². The van der Waals surface area contributed by atoms with Gasteiger partial charge in [0.25, 0.3) is 0 Å². The lowest BCUT2D eigenvalue weighted by Gasteiger charge is -2.14. The van der Waals surface area contributed by atoms with Gasteiger partial charge in [-0.05, 0) is 101 Å². The van der Waals surface area contributed by atoms with Crippen molar-refractivity contribution in [1.29, 1.82) is 0 Å². The molecule has 0 amide bonds. The quantitative estimate of drug-likeness (QED) is 0.152. The molecule has 0 radical (unpaired) electrons. The molecule has 0 unspecified atom stereocenters. The predicted octanol–water partition coefficient (Wildman–Crippen LogP) is 18.9. The Morgan fingerprint density at radius 2 is 0.561 bits per heavy atom. The van der Waals surface area contributed by atoms with Crippen LogP contribution in [0.1, 0.15) is 0 Å². The summed E-state index contributed by atoms with van der Waals surface area (Å²) >= 11 is 0. The van der Waals surface area contributed by atoms with Crippen LogP contribution in [0.3, 0.4) is 0 Å². The first-order valence-electron chi connectivity index (χ1n) is 27.8. The first-order chi connectivity index (χ1) is 40.7. The summed E-state index contributed by atoms with van der Waals surface area (Å²) in [6.07, 6.45) is 0. The summed E-state index contributed by atoms with van der Waals surface area (Å²) in [4.78, 5) is 16.5. The molecule has 7 nitrogen and oxygen atoms in total. The fraction of sp³-hybridized carbons (Fsp3) is 0. The Hall–Kier alpha value is -11.2. The van der Waals surface area contributed by atoms with Gasteiger partial charge in [-0.3, -0.25) is 4.57 Å². The smallest absolute Gasteiger partial charge is 0.238 e. The highest BCUT2D eigenvalue weighted by atomic mass is 15.2. The SMILES string of the molecule is c1ccc(-c2ccc(-n3c4ccc(-n5c6ccccc6c6ccccc65)cc4c4ccc5c6cc(-n7c8ccccc8c8ccccc87)ccc6n(-c6nc(-c7ccccc7)nc(-c7cccc(-c8ccccc8)c7)n6)c5c43)cc2)cc1. The van der Waals surface area contributed by atoms with E-state index in [-0.39, 0.29) is 0 Å². The lowest BCUT2D eigenvalue weighted by molar-refractivity contribution is 0.953. The maximum Gasteiger partial charge on any atom is 0.238 e. The van der Waals surface area contributed by atoms with Crippen molar-refractivity contribution >= 4 is 87.2 Å². The van der Waals surface area contributed by atoms with Crippen LogP contribution in [0.25, 0.3) is 155 Å². The topological polar surface area (TPSA) is 58.4 Å². The second-order valence-corrected chi connectivity index (χ2v) is 21.2. The number of aromatic nitrogens is 7. The third-order valence-electron chi connectivity index (χ3n) is 16.6. The first-order valence-corrected chi connectivity index (χ1v) is 27.8. The Morgan fingerprint density at radius 3 is 1.07 bits per heavy atom. The summed E-state index contributed by atoms with van der Waals surface area (Å²) in [5.41, 5.74) is 18.2. The Kier molecular flexibility index (Phi) is 10.2. The standard InChI is InChI=1S/C75H47N7/c1-4-19-48(20-5-1)50-35-37-54(38-36-50)81-69-43-39-55(79-65-31-14-10-27-57(65)58-28-11-15-32-66(58)79)46-63(69)61-41-42-62-64-47-56(80-67-33-16-12-29-59(67)60-30-13-17-34-68(60)80)40-44-70(64)82(72(62)71(61)81)75-77-73(51-23-8-3-9-24-51)76-74(78-75)53-26-18-25-52(45-53)49-21-6-2-7-22-49/h1-47H. The molecule has 0 saturated heterocycles. The molecule has 0 bridgehead atoms. The monoisotopic (exact) mass is 1050 g/mol. The average Bonchev–Trinajstić information content (AvgIpc) is 2.58. The molecule has 0 spiro atoms. The molecule has 0 saturated carbocycles. The molecular formula is C75H47N7. The number of nitrogens with zero attached hydrogens (tertiary/aromatic N) is 7. The van der Waals surface area contributed by atoms with Gasteiger partial charge in [-0.1, -0.05) is 206 Å². The van der Waals surface area contributed by atoms with E-state index in [2.05, 4.69) is 285 Å². The molecule has 17 aromatic rings. The van der Waals surface area contributed by atoms with Crippen molar-refractivity contribution in [1.82, 2.24) is 33.2 Å². The van der Waals surface area contributed by atoms with Gasteiger partial charge in [-0.2, -0.15) is 9.97 Å². The molecule has 5 aromatic heterocycles. The third kappa shape index (κ3) is 7.06. The van der Waals surface area contributed by atoms with Gasteiger partial charge in [0.1, 0.15) is 0 Å². The van der Waals surface area contributed by atoms with E-state index >= 15 is 0 Å². The van der Waals surface area contributed by atoms with Gasteiger partial charge < -0.3 is 13.7 Å². The summed E-state index contributed by atoms with van der Waals surface area (Å²) in [7, 11) is 0. The van der Waals surface area contributed by atoms with Gasteiger partial charge in [-0.15, -0.1) is 0 Å². The highest BCUT2D eigenvalue weighted by Gasteiger charge is 2.26. The maximum atomic E-state index is 5.60. The van der Waals surface area contributed by atoms with E-state index in [9.17, 15) is 0 Å². The van der Waals surface area contributed by atoms with Gasteiger partial charge in [-0.25, -0.2) is 4.98 Å². The second kappa shape index (κ2) is 18.2. The van der Waals surface area contributed by atoms with E-state index in [1.807, 2.05) is 18.2 Å². The van der Waals surface area contributed by atoms with Crippen LogP contribution in [0.4, 0.5) is 0 Å². The fourth-order valence-corrected chi connectivity index (χ4v) is 12.9.